The molecule has 0 saturated carbocycles. The summed E-state index contributed by atoms with van der Waals surface area (Å²) in [5.74, 6) is -0.341. The Bertz CT molecular complexity index is 600. The van der Waals surface area contributed by atoms with Gasteiger partial charge in [0.25, 0.3) is 5.91 Å². The Kier molecular flexibility index (Phi) is 6.20. The standard InChI is InChI=1S/C16H19FINO4/c1-10(20)23-9-16(21)19-5-3-11(4-6-19)12-7-14(18)15(22-2)8-13(12)17/h7-8,11H,3-6,9H2,1-2H3. The van der Waals surface area contributed by atoms with E-state index in [4.69, 9.17) is 9.47 Å². The molecule has 0 unspecified atom stereocenters. The van der Waals surface area contributed by atoms with Crippen molar-refractivity contribution in [2.75, 3.05) is 26.8 Å². The molecule has 0 N–H and O–H groups in total. The summed E-state index contributed by atoms with van der Waals surface area (Å²) in [6.07, 6.45) is 1.37. The third kappa shape index (κ3) is 4.55. The summed E-state index contributed by atoms with van der Waals surface area (Å²) in [5, 5.41) is 0. The first-order chi connectivity index (χ1) is 10.9. The zero-order chi connectivity index (χ0) is 17.0. The maximum atomic E-state index is 14.2. The highest BCUT2D eigenvalue weighted by Crippen LogP contribution is 2.34. The van der Waals surface area contributed by atoms with E-state index in [-0.39, 0.29) is 24.2 Å². The molecule has 1 saturated heterocycles. The van der Waals surface area contributed by atoms with Crippen molar-refractivity contribution in [3.8, 4) is 5.75 Å². The zero-order valence-corrected chi connectivity index (χ0v) is 15.3. The first-order valence-corrected chi connectivity index (χ1v) is 8.44. The molecule has 0 aliphatic carbocycles. The van der Waals surface area contributed by atoms with E-state index in [2.05, 4.69) is 22.6 Å². The van der Waals surface area contributed by atoms with Gasteiger partial charge in [-0.2, -0.15) is 0 Å². The molecule has 5 nitrogen and oxygen atoms in total. The number of hydrogen-bond donors (Lipinski definition) is 0. The average Bonchev–Trinajstić information content (AvgIpc) is 2.54. The van der Waals surface area contributed by atoms with Gasteiger partial charge in [0.2, 0.25) is 0 Å². The van der Waals surface area contributed by atoms with Crippen LogP contribution < -0.4 is 4.74 Å². The van der Waals surface area contributed by atoms with Crippen molar-refractivity contribution >= 4 is 34.5 Å². The minimum absolute atomic E-state index is 0.0761. The van der Waals surface area contributed by atoms with Crippen LogP contribution in [0.15, 0.2) is 12.1 Å². The van der Waals surface area contributed by atoms with E-state index in [1.807, 2.05) is 6.07 Å². The van der Waals surface area contributed by atoms with Crippen LogP contribution in [0, 0.1) is 9.39 Å². The first-order valence-electron chi connectivity index (χ1n) is 7.36. The van der Waals surface area contributed by atoms with Gasteiger partial charge in [0.05, 0.1) is 10.7 Å². The number of likely N-dealkylation sites (tertiary alicyclic amines) is 1. The predicted octanol–water partition coefficient (Wildman–Crippen LogP) is 2.71. The average molecular weight is 435 g/mol. The summed E-state index contributed by atoms with van der Waals surface area (Å²) in [4.78, 5) is 24.3. The lowest BCUT2D eigenvalue weighted by molar-refractivity contribution is -0.150. The lowest BCUT2D eigenvalue weighted by atomic mass is 9.89. The van der Waals surface area contributed by atoms with Crippen LogP contribution in [-0.2, 0) is 14.3 Å². The number of nitrogens with zero attached hydrogens (tertiary/aromatic N) is 1. The summed E-state index contributed by atoms with van der Waals surface area (Å²) in [6.45, 7) is 2.11. The van der Waals surface area contributed by atoms with Crippen molar-refractivity contribution in [3.05, 3.63) is 27.1 Å². The van der Waals surface area contributed by atoms with E-state index < -0.39 is 5.97 Å². The minimum atomic E-state index is -0.469. The normalized spacial score (nSPS) is 15.4. The number of amides is 1. The van der Waals surface area contributed by atoms with Crippen molar-refractivity contribution in [1.29, 1.82) is 0 Å². The Morgan fingerprint density at radius 1 is 1.35 bits per heavy atom. The molecule has 0 bridgehead atoms. The molecule has 1 aromatic carbocycles. The van der Waals surface area contributed by atoms with Crippen LogP contribution in [0.25, 0.3) is 0 Å². The molecule has 1 aliphatic rings. The lowest BCUT2D eigenvalue weighted by Gasteiger charge is -2.32. The van der Waals surface area contributed by atoms with Crippen LogP contribution in [0.1, 0.15) is 31.2 Å². The molecule has 1 aliphatic heterocycles. The number of halogens is 2. The fourth-order valence-corrected chi connectivity index (χ4v) is 3.42. The van der Waals surface area contributed by atoms with E-state index in [0.29, 0.717) is 37.2 Å². The highest BCUT2D eigenvalue weighted by atomic mass is 127. The number of carbonyl (C=O) groups excluding carboxylic acids is 2. The Morgan fingerprint density at radius 2 is 2.00 bits per heavy atom. The molecule has 126 valence electrons. The van der Waals surface area contributed by atoms with Gasteiger partial charge in [0.15, 0.2) is 6.61 Å². The topological polar surface area (TPSA) is 55.8 Å². The number of esters is 1. The summed E-state index contributed by atoms with van der Waals surface area (Å²) in [5.41, 5.74) is 0.669. The van der Waals surface area contributed by atoms with Crippen molar-refractivity contribution < 1.29 is 23.5 Å². The molecule has 1 fully saturated rings. The Morgan fingerprint density at radius 3 is 2.57 bits per heavy atom. The van der Waals surface area contributed by atoms with Gasteiger partial charge in [-0.05, 0) is 53.0 Å². The second-order valence-corrected chi connectivity index (χ2v) is 6.61. The SMILES string of the molecule is COc1cc(F)c(C2CCN(C(=O)COC(C)=O)CC2)cc1I. The maximum absolute atomic E-state index is 14.2. The molecular formula is C16H19FINO4. The Balaban J connectivity index is 1.98. The number of carbonyl (C=O) groups is 2. The van der Waals surface area contributed by atoms with Crippen molar-refractivity contribution in [2.45, 2.75) is 25.7 Å². The van der Waals surface area contributed by atoms with E-state index in [0.717, 1.165) is 3.57 Å². The number of rotatable bonds is 4. The molecule has 1 amide bonds. The number of piperidine rings is 1. The molecule has 1 heterocycles. The zero-order valence-electron chi connectivity index (χ0n) is 13.1. The van der Waals surface area contributed by atoms with Gasteiger partial charge in [0, 0.05) is 26.1 Å². The molecule has 0 atom stereocenters. The van der Waals surface area contributed by atoms with Gasteiger partial charge < -0.3 is 14.4 Å². The number of ether oxygens (including phenoxy) is 2. The van der Waals surface area contributed by atoms with E-state index >= 15 is 0 Å². The number of benzene rings is 1. The van der Waals surface area contributed by atoms with E-state index in [1.165, 1.54) is 20.1 Å². The second kappa shape index (κ2) is 7.94. The smallest absolute Gasteiger partial charge is 0.303 e. The van der Waals surface area contributed by atoms with Crippen molar-refractivity contribution in [1.82, 2.24) is 4.90 Å². The Labute approximate surface area is 148 Å². The van der Waals surface area contributed by atoms with Gasteiger partial charge in [-0.3, -0.25) is 9.59 Å². The number of hydrogen-bond acceptors (Lipinski definition) is 4. The number of methoxy groups -OCH3 is 1. The highest BCUT2D eigenvalue weighted by molar-refractivity contribution is 14.1. The van der Waals surface area contributed by atoms with E-state index in [1.54, 1.807) is 4.90 Å². The third-order valence-corrected chi connectivity index (χ3v) is 4.80. The molecule has 2 rings (SSSR count). The fourth-order valence-electron chi connectivity index (χ4n) is 2.71. The minimum Gasteiger partial charge on any atom is -0.496 e. The van der Waals surface area contributed by atoms with Crippen LogP contribution >= 0.6 is 22.6 Å². The first kappa shape index (κ1) is 18.0. The molecule has 7 heteroatoms. The van der Waals surface area contributed by atoms with Crippen LogP contribution in [0.3, 0.4) is 0 Å². The lowest BCUT2D eigenvalue weighted by Crippen LogP contribution is -2.40. The molecule has 0 radical (unpaired) electrons. The van der Waals surface area contributed by atoms with Crippen molar-refractivity contribution in [2.24, 2.45) is 0 Å². The monoisotopic (exact) mass is 435 g/mol. The molecule has 0 spiro atoms. The Hall–Kier alpha value is -1.38. The second-order valence-electron chi connectivity index (χ2n) is 5.44. The maximum Gasteiger partial charge on any atom is 0.303 e. The molecule has 1 aromatic rings. The van der Waals surface area contributed by atoms with E-state index in [9.17, 15) is 14.0 Å². The van der Waals surface area contributed by atoms with Gasteiger partial charge in [-0.15, -0.1) is 0 Å². The van der Waals surface area contributed by atoms with Crippen LogP contribution in [0.2, 0.25) is 0 Å². The largest absolute Gasteiger partial charge is 0.496 e. The quantitative estimate of drug-likeness (QED) is 0.539. The molecular weight excluding hydrogens is 416 g/mol. The van der Waals surface area contributed by atoms with Crippen molar-refractivity contribution in [3.63, 3.8) is 0 Å². The van der Waals surface area contributed by atoms with Crippen LogP contribution in [-0.4, -0.2) is 43.6 Å². The van der Waals surface area contributed by atoms with Crippen LogP contribution in [0.5, 0.6) is 5.75 Å². The third-order valence-electron chi connectivity index (χ3n) is 3.96. The predicted molar refractivity (Wildman–Crippen MR) is 90.9 cm³/mol. The molecule has 0 aromatic heterocycles. The van der Waals surface area contributed by atoms with Gasteiger partial charge >= 0.3 is 5.97 Å². The van der Waals surface area contributed by atoms with Gasteiger partial charge in [-0.25, -0.2) is 4.39 Å². The molecule has 23 heavy (non-hydrogen) atoms. The van der Waals surface area contributed by atoms with Gasteiger partial charge in [0.1, 0.15) is 11.6 Å². The van der Waals surface area contributed by atoms with Gasteiger partial charge in [-0.1, -0.05) is 0 Å². The van der Waals surface area contributed by atoms with Crippen LogP contribution in [0.4, 0.5) is 4.39 Å². The summed E-state index contributed by atoms with van der Waals surface area (Å²) < 4.78 is 25.0. The summed E-state index contributed by atoms with van der Waals surface area (Å²) in [7, 11) is 1.52. The summed E-state index contributed by atoms with van der Waals surface area (Å²) in [6, 6.07) is 3.23. The summed E-state index contributed by atoms with van der Waals surface area (Å²) >= 11 is 2.13. The fraction of sp³-hybridized carbons (Fsp3) is 0.500. The highest BCUT2D eigenvalue weighted by Gasteiger charge is 2.26.